The SMILES string of the molecule is c1ccc(-c2ccc(-n3c4ccc(-c5cc(-c6ccccc6)cc(-c6ccccc6)c5)cc4c4nc5ccccc5nc43)nc2)cc1. The van der Waals surface area contributed by atoms with Gasteiger partial charge in [0.05, 0.1) is 16.6 Å². The van der Waals surface area contributed by atoms with Crippen molar-refractivity contribution in [3.8, 4) is 50.3 Å². The van der Waals surface area contributed by atoms with Gasteiger partial charge < -0.3 is 0 Å². The van der Waals surface area contributed by atoms with E-state index in [0.717, 1.165) is 61.2 Å². The second-order valence-electron chi connectivity index (χ2n) is 11.8. The van der Waals surface area contributed by atoms with Crippen LogP contribution in [0.5, 0.6) is 0 Å². The molecule has 9 aromatic rings. The fraction of sp³-hybridized carbons (Fsp3) is 0. The van der Waals surface area contributed by atoms with E-state index >= 15 is 0 Å². The molecule has 9 rings (SSSR count). The summed E-state index contributed by atoms with van der Waals surface area (Å²) < 4.78 is 2.14. The monoisotopic (exact) mass is 600 g/mol. The van der Waals surface area contributed by atoms with Crippen LogP contribution >= 0.6 is 0 Å². The summed E-state index contributed by atoms with van der Waals surface area (Å²) in [7, 11) is 0. The highest BCUT2D eigenvalue weighted by Crippen LogP contribution is 2.37. The molecule has 0 aliphatic rings. The predicted molar refractivity (Wildman–Crippen MR) is 193 cm³/mol. The van der Waals surface area contributed by atoms with Crippen LogP contribution in [0, 0.1) is 0 Å². The van der Waals surface area contributed by atoms with Crippen molar-refractivity contribution in [3.05, 3.63) is 170 Å². The lowest BCUT2D eigenvalue weighted by molar-refractivity contribution is 1.06. The zero-order chi connectivity index (χ0) is 31.2. The third-order valence-corrected chi connectivity index (χ3v) is 8.82. The molecule has 0 atom stereocenters. The molecule has 0 radical (unpaired) electrons. The molecule has 4 heteroatoms. The van der Waals surface area contributed by atoms with Crippen LogP contribution in [-0.4, -0.2) is 19.5 Å². The maximum Gasteiger partial charge on any atom is 0.166 e. The minimum Gasteiger partial charge on any atom is -0.276 e. The largest absolute Gasteiger partial charge is 0.276 e. The third-order valence-electron chi connectivity index (χ3n) is 8.82. The van der Waals surface area contributed by atoms with Crippen LogP contribution in [0.2, 0.25) is 0 Å². The van der Waals surface area contributed by atoms with E-state index in [4.69, 9.17) is 15.0 Å². The predicted octanol–water partition coefficient (Wildman–Crippen LogP) is 10.8. The summed E-state index contributed by atoms with van der Waals surface area (Å²) in [6, 6.07) is 57.2. The number of aromatic nitrogens is 4. The Kier molecular flexibility index (Phi) is 6.43. The Morgan fingerprint density at radius 2 is 0.894 bits per heavy atom. The van der Waals surface area contributed by atoms with Crippen LogP contribution < -0.4 is 0 Å². The van der Waals surface area contributed by atoms with Crippen molar-refractivity contribution in [2.75, 3.05) is 0 Å². The Morgan fingerprint density at radius 1 is 0.383 bits per heavy atom. The molecular weight excluding hydrogens is 573 g/mol. The summed E-state index contributed by atoms with van der Waals surface area (Å²) >= 11 is 0. The number of benzene rings is 6. The summed E-state index contributed by atoms with van der Waals surface area (Å²) in [4.78, 5) is 15.3. The number of para-hydroxylation sites is 2. The summed E-state index contributed by atoms with van der Waals surface area (Å²) in [5.41, 5.74) is 13.6. The van der Waals surface area contributed by atoms with Gasteiger partial charge in [0.1, 0.15) is 11.3 Å². The fourth-order valence-electron chi connectivity index (χ4n) is 6.48. The maximum atomic E-state index is 5.17. The van der Waals surface area contributed by atoms with Crippen LogP contribution in [-0.2, 0) is 0 Å². The Morgan fingerprint density at radius 3 is 1.47 bits per heavy atom. The molecule has 0 unspecified atom stereocenters. The van der Waals surface area contributed by atoms with Crippen LogP contribution in [0.1, 0.15) is 0 Å². The van der Waals surface area contributed by atoms with E-state index in [1.807, 2.05) is 48.7 Å². The van der Waals surface area contributed by atoms with Gasteiger partial charge in [-0.2, -0.15) is 0 Å². The normalized spacial score (nSPS) is 11.4. The van der Waals surface area contributed by atoms with E-state index in [1.165, 1.54) is 22.3 Å². The Hall–Kier alpha value is -6.39. The van der Waals surface area contributed by atoms with Gasteiger partial charge in [-0.3, -0.25) is 4.57 Å². The van der Waals surface area contributed by atoms with E-state index in [0.29, 0.717) is 0 Å². The first-order chi connectivity index (χ1) is 23.3. The summed E-state index contributed by atoms with van der Waals surface area (Å²) in [6.07, 6.45) is 1.94. The second kappa shape index (κ2) is 11.2. The highest BCUT2D eigenvalue weighted by molar-refractivity contribution is 6.09. The Balaban J connectivity index is 1.26. The lowest BCUT2D eigenvalue weighted by Crippen LogP contribution is -1.99. The first-order valence-electron chi connectivity index (χ1n) is 15.8. The average Bonchev–Trinajstić information content (AvgIpc) is 3.47. The summed E-state index contributed by atoms with van der Waals surface area (Å²) in [5.74, 6) is 0.805. The molecule has 0 aliphatic heterocycles. The minimum absolute atomic E-state index is 0.791. The molecule has 3 heterocycles. The number of nitrogens with zero attached hydrogens (tertiary/aromatic N) is 4. The topological polar surface area (TPSA) is 43.6 Å². The smallest absolute Gasteiger partial charge is 0.166 e. The van der Waals surface area contributed by atoms with Crippen molar-refractivity contribution in [2.24, 2.45) is 0 Å². The highest BCUT2D eigenvalue weighted by atomic mass is 15.1. The first-order valence-corrected chi connectivity index (χ1v) is 15.8. The molecule has 0 aliphatic carbocycles. The molecule has 4 nitrogen and oxygen atoms in total. The number of fused-ring (bicyclic) bond motifs is 4. The summed E-state index contributed by atoms with van der Waals surface area (Å²) in [5, 5.41) is 1.04. The van der Waals surface area contributed by atoms with Crippen molar-refractivity contribution in [3.63, 3.8) is 0 Å². The standard InChI is InChI=1S/C43H28N4/c1-4-12-29(13-5-1)33-21-23-41(44-28-33)47-40-22-20-32(27-37(40)42-43(47)46-39-19-11-10-18-38(39)45-42)36-25-34(30-14-6-2-7-15-30)24-35(26-36)31-16-8-3-9-17-31/h1-28H. The van der Waals surface area contributed by atoms with Crippen LogP contribution in [0.4, 0.5) is 0 Å². The molecule has 0 N–H and O–H groups in total. The molecule has 3 aromatic heterocycles. The fourth-order valence-corrected chi connectivity index (χ4v) is 6.48. The number of pyridine rings is 1. The molecule has 0 amide bonds. The quantitative estimate of drug-likeness (QED) is 0.197. The van der Waals surface area contributed by atoms with Gasteiger partial charge in [0.2, 0.25) is 0 Å². The lowest BCUT2D eigenvalue weighted by Gasteiger charge is -2.12. The molecule has 0 fully saturated rings. The van der Waals surface area contributed by atoms with Gasteiger partial charge >= 0.3 is 0 Å². The molecule has 6 aromatic carbocycles. The van der Waals surface area contributed by atoms with Crippen molar-refractivity contribution in [1.82, 2.24) is 19.5 Å². The molecule has 220 valence electrons. The van der Waals surface area contributed by atoms with Gasteiger partial charge in [0.15, 0.2) is 5.65 Å². The van der Waals surface area contributed by atoms with Crippen molar-refractivity contribution >= 4 is 33.1 Å². The highest BCUT2D eigenvalue weighted by Gasteiger charge is 2.18. The van der Waals surface area contributed by atoms with E-state index in [9.17, 15) is 0 Å². The van der Waals surface area contributed by atoms with E-state index < -0.39 is 0 Å². The van der Waals surface area contributed by atoms with Gasteiger partial charge in [-0.1, -0.05) is 109 Å². The lowest BCUT2D eigenvalue weighted by atomic mass is 9.93. The zero-order valence-corrected chi connectivity index (χ0v) is 25.5. The first kappa shape index (κ1) is 27.0. The van der Waals surface area contributed by atoms with Crippen LogP contribution in [0.25, 0.3) is 83.4 Å². The van der Waals surface area contributed by atoms with Gasteiger partial charge in [0, 0.05) is 17.1 Å². The molecule has 0 saturated carbocycles. The number of rotatable bonds is 5. The zero-order valence-electron chi connectivity index (χ0n) is 25.5. The van der Waals surface area contributed by atoms with Gasteiger partial charge in [-0.15, -0.1) is 0 Å². The van der Waals surface area contributed by atoms with Crippen LogP contribution in [0.3, 0.4) is 0 Å². The van der Waals surface area contributed by atoms with E-state index in [-0.39, 0.29) is 0 Å². The summed E-state index contributed by atoms with van der Waals surface area (Å²) in [6.45, 7) is 0. The average molecular weight is 601 g/mol. The van der Waals surface area contributed by atoms with Crippen molar-refractivity contribution in [1.29, 1.82) is 0 Å². The molecule has 0 saturated heterocycles. The molecular formula is C43H28N4. The Bertz CT molecular complexity index is 2480. The van der Waals surface area contributed by atoms with Gasteiger partial charge in [-0.05, 0) is 93.5 Å². The Labute approximate surface area is 272 Å². The number of hydrogen-bond acceptors (Lipinski definition) is 3. The van der Waals surface area contributed by atoms with Crippen LogP contribution in [0.15, 0.2) is 170 Å². The van der Waals surface area contributed by atoms with E-state index in [2.05, 4.69) is 126 Å². The molecule has 0 bridgehead atoms. The maximum absolute atomic E-state index is 5.17. The minimum atomic E-state index is 0.791. The third kappa shape index (κ3) is 4.84. The second-order valence-corrected chi connectivity index (χ2v) is 11.8. The van der Waals surface area contributed by atoms with Crippen molar-refractivity contribution in [2.45, 2.75) is 0 Å². The molecule has 0 spiro atoms. The number of hydrogen-bond donors (Lipinski definition) is 0. The van der Waals surface area contributed by atoms with E-state index in [1.54, 1.807) is 0 Å². The van der Waals surface area contributed by atoms with Gasteiger partial charge in [0.25, 0.3) is 0 Å². The van der Waals surface area contributed by atoms with Gasteiger partial charge in [-0.25, -0.2) is 15.0 Å². The molecule has 47 heavy (non-hydrogen) atoms. The van der Waals surface area contributed by atoms with Crippen molar-refractivity contribution < 1.29 is 0 Å².